The standard InChI is InChI=1S/C20H21N3O4S/c1-22-6-8-23(9-7-22)28(26,27)18-11-16(10-17(12-18)20(24)25)15-3-2-14-4-5-21-19(14)13-15/h2-5,10-13,21H,6-9H2,1H3,(H,24,25). The molecule has 7 nitrogen and oxygen atoms in total. The van der Waals surface area contributed by atoms with Gasteiger partial charge in [-0.15, -0.1) is 0 Å². The maximum Gasteiger partial charge on any atom is 0.335 e. The maximum absolute atomic E-state index is 13.1. The van der Waals surface area contributed by atoms with Gasteiger partial charge in [-0.1, -0.05) is 12.1 Å². The molecule has 0 amide bonds. The Morgan fingerprint density at radius 3 is 2.46 bits per heavy atom. The number of nitrogens with zero attached hydrogens (tertiary/aromatic N) is 2. The smallest absolute Gasteiger partial charge is 0.335 e. The van der Waals surface area contributed by atoms with Gasteiger partial charge < -0.3 is 15.0 Å². The summed E-state index contributed by atoms with van der Waals surface area (Å²) >= 11 is 0. The Hall–Kier alpha value is -2.68. The monoisotopic (exact) mass is 399 g/mol. The Kier molecular flexibility index (Phi) is 4.70. The van der Waals surface area contributed by atoms with Crippen LogP contribution in [0.1, 0.15) is 10.4 Å². The number of rotatable bonds is 4. The Bertz CT molecular complexity index is 1150. The number of fused-ring (bicyclic) bond motifs is 1. The molecular weight excluding hydrogens is 378 g/mol. The molecule has 1 fully saturated rings. The topological polar surface area (TPSA) is 93.7 Å². The maximum atomic E-state index is 13.1. The van der Waals surface area contributed by atoms with Gasteiger partial charge >= 0.3 is 5.97 Å². The highest BCUT2D eigenvalue weighted by Crippen LogP contribution is 2.29. The second kappa shape index (κ2) is 7.05. The van der Waals surface area contributed by atoms with Crippen LogP contribution in [-0.2, 0) is 10.0 Å². The first-order valence-corrected chi connectivity index (χ1v) is 10.4. The molecule has 0 aliphatic carbocycles. The van der Waals surface area contributed by atoms with Gasteiger partial charge in [0.15, 0.2) is 0 Å². The minimum atomic E-state index is -3.77. The van der Waals surface area contributed by atoms with Gasteiger partial charge in [-0.05, 0) is 53.9 Å². The lowest BCUT2D eigenvalue weighted by molar-refractivity contribution is 0.0696. The second-order valence-electron chi connectivity index (χ2n) is 7.04. The lowest BCUT2D eigenvalue weighted by Gasteiger charge is -2.31. The molecule has 28 heavy (non-hydrogen) atoms. The van der Waals surface area contributed by atoms with Gasteiger partial charge in [0.1, 0.15) is 0 Å². The van der Waals surface area contributed by atoms with Crippen molar-refractivity contribution < 1.29 is 18.3 Å². The average Bonchev–Trinajstić information content (AvgIpc) is 3.15. The molecule has 1 saturated heterocycles. The van der Waals surface area contributed by atoms with E-state index in [0.717, 1.165) is 16.5 Å². The SMILES string of the molecule is CN1CCN(S(=O)(=O)c2cc(C(=O)O)cc(-c3ccc4cc[nH]c4c3)c2)CC1. The number of benzene rings is 2. The molecule has 0 atom stereocenters. The van der Waals surface area contributed by atoms with E-state index in [1.807, 2.05) is 37.5 Å². The van der Waals surface area contributed by atoms with Crippen molar-refractivity contribution in [2.75, 3.05) is 33.2 Å². The van der Waals surface area contributed by atoms with Crippen molar-refractivity contribution >= 4 is 26.9 Å². The number of nitrogens with one attached hydrogen (secondary N) is 1. The highest BCUT2D eigenvalue weighted by atomic mass is 32.2. The molecule has 2 heterocycles. The Labute approximate surface area is 163 Å². The van der Waals surface area contributed by atoms with Gasteiger partial charge in [-0.25, -0.2) is 13.2 Å². The van der Waals surface area contributed by atoms with E-state index in [1.54, 1.807) is 6.07 Å². The molecule has 0 spiro atoms. The fourth-order valence-electron chi connectivity index (χ4n) is 3.44. The molecule has 1 aliphatic heterocycles. The molecule has 0 unspecified atom stereocenters. The number of carbonyl (C=O) groups is 1. The lowest BCUT2D eigenvalue weighted by Crippen LogP contribution is -2.47. The molecule has 1 aromatic heterocycles. The van der Waals surface area contributed by atoms with Crippen molar-refractivity contribution in [3.8, 4) is 11.1 Å². The summed E-state index contributed by atoms with van der Waals surface area (Å²) in [6, 6.07) is 11.9. The zero-order valence-electron chi connectivity index (χ0n) is 15.4. The molecular formula is C20H21N3O4S. The van der Waals surface area contributed by atoms with Crippen LogP contribution < -0.4 is 0 Å². The minimum absolute atomic E-state index is 0.0125. The molecule has 0 saturated carbocycles. The third-order valence-corrected chi connectivity index (χ3v) is 7.02. The lowest BCUT2D eigenvalue weighted by atomic mass is 10.0. The predicted octanol–water partition coefficient (Wildman–Crippen LogP) is 2.47. The van der Waals surface area contributed by atoms with Crippen LogP contribution in [0.4, 0.5) is 0 Å². The van der Waals surface area contributed by atoms with Gasteiger partial charge in [0.25, 0.3) is 0 Å². The van der Waals surface area contributed by atoms with Crippen LogP contribution in [0.5, 0.6) is 0 Å². The molecule has 0 bridgehead atoms. The van der Waals surface area contributed by atoms with E-state index in [9.17, 15) is 18.3 Å². The summed E-state index contributed by atoms with van der Waals surface area (Å²) in [6.45, 7) is 2.07. The Morgan fingerprint density at radius 2 is 1.75 bits per heavy atom. The van der Waals surface area contributed by atoms with Crippen molar-refractivity contribution in [3.05, 3.63) is 54.2 Å². The van der Waals surface area contributed by atoms with Crippen LogP contribution in [0.15, 0.2) is 53.6 Å². The number of piperazine rings is 1. The molecule has 1 aliphatic rings. The van der Waals surface area contributed by atoms with E-state index in [-0.39, 0.29) is 10.5 Å². The number of hydrogen-bond acceptors (Lipinski definition) is 4. The third kappa shape index (κ3) is 3.42. The summed E-state index contributed by atoms with van der Waals surface area (Å²) in [7, 11) is -1.82. The molecule has 2 N–H and O–H groups in total. The number of H-pyrrole nitrogens is 1. The highest BCUT2D eigenvalue weighted by Gasteiger charge is 2.28. The molecule has 3 aromatic rings. The predicted molar refractivity (Wildman–Crippen MR) is 107 cm³/mol. The molecule has 146 valence electrons. The van der Waals surface area contributed by atoms with Crippen LogP contribution in [0.25, 0.3) is 22.0 Å². The first-order valence-electron chi connectivity index (χ1n) is 8.99. The quantitative estimate of drug-likeness (QED) is 0.703. The zero-order chi connectivity index (χ0) is 19.9. The highest BCUT2D eigenvalue weighted by molar-refractivity contribution is 7.89. The van der Waals surface area contributed by atoms with Gasteiger partial charge in [0.05, 0.1) is 10.5 Å². The minimum Gasteiger partial charge on any atom is -0.478 e. The number of hydrogen-bond donors (Lipinski definition) is 2. The van der Waals surface area contributed by atoms with Crippen molar-refractivity contribution in [2.24, 2.45) is 0 Å². The Balaban J connectivity index is 1.80. The van der Waals surface area contributed by atoms with Crippen molar-refractivity contribution in [2.45, 2.75) is 4.90 Å². The number of sulfonamides is 1. The average molecular weight is 399 g/mol. The van der Waals surface area contributed by atoms with E-state index < -0.39 is 16.0 Å². The summed E-state index contributed by atoms with van der Waals surface area (Å²) in [6.07, 6.45) is 1.82. The van der Waals surface area contributed by atoms with Crippen molar-refractivity contribution in [3.63, 3.8) is 0 Å². The summed E-state index contributed by atoms with van der Waals surface area (Å²) in [5, 5.41) is 10.5. The van der Waals surface area contributed by atoms with E-state index in [4.69, 9.17) is 0 Å². The second-order valence-corrected chi connectivity index (χ2v) is 8.98. The number of aromatic amines is 1. The van der Waals surface area contributed by atoms with Gasteiger partial charge in [0, 0.05) is 37.9 Å². The first kappa shape index (κ1) is 18.7. The number of aromatic carboxylic acids is 1. The van der Waals surface area contributed by atoms with Crippen LogP contribution in [0.3, 0.4) is 0 Å². The molecule has 2 aromatic carbocycles. The van der Waals surface area contributed by atoms with Crippen LogP contribution in [-0.4, -0.2) is 66.9 Å². The normalized spacial score (nSPS) is 16.5. The number of likely N-dealkylation sites (N-methyl/N-ethyl adjacent to an activating group) is 1. The van der Waals surface area contributed by atoms with E-state index in [2.05, 4.69) is 9.88 Å². The first-order chi connectivity index (χ1) is 13.3. The summed E-state index contributed by atoms with van der Waals surface area (Å²) < 4.78 is 27.7. The van der Waals surface area contributed by atoms with Crippen molar-refractivity contribution in [1.29, 1.82) is 0 Å². The zero-order valence-corrected chi connectivity index (χ0v) is 16.2. The van der Waals surface area contributed by atoms with Crippen molar-refractivity contribution in [1.82, 2.24) is 14.2 Å². The van der Waals surface area contributed by atoms with E-state index in [0.29, 0.717) is 31.7 Å². The van der Waals surface area contributed by atoms with Crippen LogP contribution >= 0.6 is 0 Å². The fraction of sp³-hybridized carbons (Fsp3) is 0.250. The largest absolute Gasteiger partial charge is 0.478 e. The van der Waals surface area contributed by atoms with E-state index >= 15 is 0 Å². The Morgan fingerprint density at radius 1 is 1.00 bits per heavy atom. The summed E-state index contributed by atoms with van der Waals surface area (Å²) in [5.74, 6) is -1.15. The molecule has 4 rings (SSSR count). The van der Waals surface area contributed by atoms with Gasteiger partial charge in [-0.3, -0.25) is 0 Å². The summed E-state index contributed by atoms with van der Waals surface area (Å²) in [4.78, 5) is 16.8. The molecule has 0 radical (unpaired) electrons. The van der Waals surface area contributed by atoms with Gasteiger partial charge in [-0.2, -0.15) is 4.31 Å². The fourth-order valence-corrected chi connectivity index (χ4v) is 4.94. The van der Waals surface area contributed by atoms with E-state index in [1.165, 1.54) is 16.4 Å². The van der Waals surface area contributed by atoms with Crippen LogP contribution in [0, 0.1) is 0 Å². The number of carboxylic acids is 1. The molecule has 8 heteroatoms. The number of aromatic nitrogens is 1. The third-order valence-electron chi connectivity index (χ3n) is 5.14. The van der Waals surface area contributed by atoms with Gasteiger partial charge in [0.2, 0.25) is 10.0 Å². The summed E-state index contributed by atoms with van der Waals surface area (Å²) in [5.41, 5.74) is 2.18. The van der Waals surface area contributed by atoms with Crippen LogP contribution in [0.2, 0.25) is 0 Å². The number of carboxylic acid groups (broad SMARTS) is 1.